The lowest BCUT2D eigenvalue weighted by Crippen LogP contribution is -2.51. The van der Waals surface area contributed by atoms with E-state index >= 15 is 0 Å². The second kappa shape index (κ2) is 4.46. The zero-order valence-corrected chi connectivity index (χ0v) is 12.7. The molecule has 3 nitrogen and oxygen atoms in total. The Labute approximate surface area is 125 Å². The van der Waals surface area contributed by atoms with Gasteiger partial charge in [0.05, 0.1) is 5.60 Å². The summed E-state index contributed by atoms with van der Waals surface area (Å²) in [4.78, 5) is 5.84. The summed E-state index contributed by atoms with van der Waals surface area (Å²) in [6.07, 6.45) is 6.40. The number of rotatable bonds is 2. The number of hydrogen-bond donors (Lipinski definition) is 2. The van der Waals surface area contributed by atoms with Gasteiger partial charge < -0.3 is 10.1 Å². The van der Waals surface area contributed by atoms with Crippen molar-refractivity contribution in [3.8, 4) is 0 Å². The summed E-state index contributed by atoms with van der Waals surface area (Å²) in [7, 11) is 0. The van der Waals surface area contributed by atoms with E-state index in [1.807, 2.05) is 6.92 Å². The van der Waals surface area contributed by atoms with E-state index < -0.39 is 5.60 Å². The quantitative estimate of drug-likeness (QED) is 0.889. The van der Waals surface area contributed by atoms with Crippen molar-refractivity contribution >= 4 is 16.5 Å². The molecule has 2 unspecified atom stereocenters. The highest BCUT2D eigenvalue weighted by Gasteiger charge is 2.38. The smallest absolute Gasteiger partial charge is 0.0932 e. The van der Waals surface area contributed by atoms with Crippen LogP contribution < -0.4 is 0 Å². The fourth-order valence-electron chi connectivity index (χ4n) is 4.08. The van der Waals surface area contributed by atoms with Crippen LogP contribution in [-0.2, 0) is 6.42 Å². The van der Waals surface area contributed by atoms with Crippen LogP contribution in [0.3, 0.4) is 0 Å². The Hall–Kier alpha value is -1.58. The molecule has 2 aliphatic rings. The van der Waals surface area contributed by atoms with Crippen molar-refractivity contribution in [2.75, 3.05) is 13.1 Å². The molecule has 0 amide bonds. The van der Waals surface area contributed by atoms with Gasteiger partial charge in [0, 0.05) is 29.7 Å². The maximum atomic E-state index is 10.6. The SMILES string of the molecule is CCCN1CC(C)(O)C=C2c3cccc4[nH]cc(c34)CC21. The van der Waals surface area contributed by atoms with Crippen LogP contribution in [0, 0.1) is 0 Å². The second-order valence-corrected chi connectivity index (χ2v) is 6.69. The van der Waals surface area contributed by atoms with Crippen molar-refractivity contribution in [3.05, 3.63) is 41.6 Å². The van der Waals surface area contributed by atoms with Crippen LogP contribution in [0.15, 0.2) is 30.5 Å². The van der Waals surface area contributed by atoms with Gasteiger partial charge in [-0.3, -0.25) is 4.90 Å². The number of fused-ring (bicyclic) bond motifs is 2. The molecule has 0 fully saturated rings. The third-order valence-corrected chi connectivity index (χ3v) is 4.81. The summed E-state index contributed by atoms with van der Waals surface area (Å²) < 4.78 is 0. The number of H-pyrrole nitrogens is 1. The Morgan fingerprint density at radius 1 is 1.43 bits per heavy atom. The molecule has 1 aromatic heterocycles. The number of aromatic nitrogens is 1. The summed E-state index contributed by atoms with van der Waals surface area (Å²) in [5, 5.41) is 12.0. The average molecular weight is 282 g/mol. The van der Waals surface area contributed by atoms with Crippen molar-refractivity contribution < 1.29 is 5.11 Å². The fraction of sp³-hybridized carbons (Fsp3) is 0.444. The molecule has 0 spiro atoms. The molecule has 0 bridgehead atoms. The lowest BCUT2D eigenvalue weighted by atomic mass is 9.79. The van der Waals surface area contributed by atoms with E-state index in [1.165, 1.54) is 27.6 Å². The monoisotopic (exact) mass is 282 g/mol. The first-order valence-electron chi connectivity index (χ1n) is 7.87. The maximum absolute atomic E-state index is 10.6. The van der Waals surface area contributed by atoms with Gasteiger partial charge >= 0.3 is 0 Å². The Bertz CT molecular complexity index is 726. The van der Waals surface area contributed by atoms with Crippen molar-refractivity contribution in [1.82, 2.24) is 9.88 Å². The summed E-state index contributed by atoms with van der Waals surface area (Å²) >= 11 is 0. The number of hydrogen-bond acceptors (Lipinski definition) is 2. The number of aliphatic hydroxyl groups is 1. The molecule has 0 saturated heterocycles. The Morgan fingerprint density at radius 3 is 3.10 bits per heavy atom. The van der Waals surface area contributed by atoms with E-state index in [0.717, 1.165) is 25.9 Å². The fourth-order valence-corrected chi connectivity index (χ4v) is 4.08. The molecule has 2 heterocycles. The number of nitrogens with zero attached hydrogens (tertiary/aromatic N) is 1. The van der Waals surface area contributed by atoms with Crippen LogP contribution in [0.25, 0.3) is 16.5 Å². The minimum absolute atomic E-state index is 0.402. The molecule has 4 rings (SSSR count). The largest absolute Gasteiger partial charge is 0.385 e. The summed E-state index contributed by atoms with van der Waals surface area (Å²) in [6, 6.07) is 6.84. The van der Waals surface area contributed by atoms with E-state index in [2.05, 4.69) is 47.3 Å². The molecule has 2 N–H and O–H groups in total. The van der Waals surface area contributed by atoms with Crippen molar-refractivity contribution in [2.45, 2.75) is 38.3 Å². The molecule has 2 aromatic rings. The Kier molecular flexibility index (Phi) is 2.78. The lowest BCUT2D eigenvalue weighted by molar-refractivity contribution is 0.0425. The van der Waals surface area contributed by atoms with Gasteiger partial charge in [0.15, 0.2) is 0 Å². The molecule has 1 aliphatic carbocycles. The van der Waals surface area contributed by atoms with Gasteiger partial charge in [-0.25, -0.2) is 0 Å². The molecule has 1 aliphatic heterocycles. The van der Waals surface area contributed by atoms with Gasteiger partial charge in [-0.1, -0.05) is 19.1 Å². The average Bonchev–Trinajstić information content (AvgIpc) is 2.85. The summed E-state index contributed by atoms with van der Waals surface area (Å²) in [5.74, 6) is 0. The third kappa shape index (κ3) is 1.95. The van der Waals surface area contributed by atoms with Gasteiger partial charge in [0.1, 0.15) is 0 Å². The van der Waals surface area contributed by atoms with Gasteiger partial charge in [-0.2, -0.15) is 0 Å². The second-order valence-electron chi connectivity index (χ2n) is 6.69. The van der Waals surface area contributed by atoms with E-state index in [9.17, 15) is 5.11 Å². The number of nitrogens with one attached hydrogen (secondary N) is 1. The molecule has 21 heavy (non-hydrogen) atoms. The highest BCUT2D eigenvalue weighted by molar-refractivity contribution is 5.98. The highest BCUT2D eigenvalue weighted by Crippen LogP contribution is 2.41. The molecular formula is C18H22N2O. The molecule has 0 saturated carbocycles. The maximum Gasteiger partial charge on any atom is 0.0932 e. The predicted octanol–water partition coefficient (Wildman–Crippen LogP) is 2.95. The first-order chi connectivity index (χ1) is 10.1. The third-order valence-electron chi connectivity index (χ3n) is 4.81. The predicted molar refractivity (Wildman–Crippen MR) is 86.3 cm³/mol. The number of aromatic amines is 1. The Balaban J connectivity index is 1.92. The molecule has 3 heteroatoms. The normalized spacial score (nSPS) is 28.5. The Morgan fingerprint density at radius 2 is 2.29 bits per heavy atom. The zero-order valence-electron chi connectivity index (χ0n) is 12.7. The highest BCUT2D eigenvalue weighted by atomic mass is 16.3. The van der Waals surface area contributed by atoms with Crippen LogP contribution in [-0.4, -0.2) is 39.7 Å². The standard InChI is InChI=1S/C18H22N2O/c1-3-7-20-11-18(2,21)9-14-13-5-4-6-15-17(13)12(10-19-15)8-16(14)20/h4-6,9-10,16,19,21H,3,7-8,11H2,1-2H3. The zero-order chi connectivity index (χ0) is 14.6. The van der Waals surface area contributed by atoms with Crippen LogP contribution in [0.1, 0.15) is 31.4 Å². The van der Waals surface area contributed by atoms with E-state index in [0.29, 0.717) is 6.04 Å². The van der Waals surface area contributed by atoms with Crippen LogP contribution in [0.2, 0.25) is 0 Å². The lowest BCUT2D eigenvalue weighted by Gasteiger charge is -2.44. The first-order valence-corrected chi connectivity index (χ1v) is 7.87. The minimum atomic E-state index is -0.739. The molecule has 110 valence electrons. The van der Waals surface area contributed by atoms with Crippen molar-refractivity contribution in [2.24, 2.45) is 0 Å². The van der Waals surface area contributed by atoms with E-state index in [-0.39, 0.29) is 0 Å². The van der Waals surface area contributed by atoms with Gasteiger partial charge in [-0.15, -0.1) is 0 Å². The van der Waals surface area contributed by atoms with Crippen LogP contribution >= 0.6 is 0 Å². The van der Waals surface area contributed by atoms with Crippen LogP contribution in [0.5, 0.6) is 0 Å². The molecular weight excluding hydrogens is 260 g/mol. The number of benzene rings is 1. The van der Waals surface area contributed by atoms with Gasteiger partial charge in [-0.05, 0) is 55.2 Å². The van der Waals surface area contributed by atoms with Crippen molar-refractivity contribution in [3.63, 3.8) is 0 Å². The molecule has 0 radical (unpaired) electrons. The first kappa shape index (κ1) is 13.1. The topological polar surface area (TPSA) is 39.3 Å². The van der Waals surface area contributed by atoms with E-state index in [1.54, 1.807) is 0 Å². The summed E-state index contributed by atoms with van der Waals surface area (Å²) in [6.45, 7) is 5.89. The van der Waals surface area contributed by atoms with Crippen molar-refractivity contribution in [1.29, 1.82) is 0 Å². The minimum Gasteiger partial charge on any atom is -0.385 e. The number of β-amino-alcohol motifs (C(OH)–C–C–N with tert-alkyl or cyclic N) is 1. The molecule has 1 aromatic carbocycles. The molecule has 2 atom stereocenters. The van der Waals surface area contributed by atoms with Crippen LogP contribution in [0.4, 0.5) is 0 Å². The van der Waals surface area contributed by atoms with Gasteiger partial charge in [0.25, 0.3) is 0 Å². The summed E-state index contributed by atoms with van der Waals surface area (Å²) in [5.41, 5.74) is 4.47. The van der Waals surface area contributed by atoms with Gasteiger partial charge in [0.2, 0.25) is 0 Å². The van der Waals surface area contributed by atoms with E-state index in [4.69, 9.17) is 0 Å².